The van der Waals surface area contributed by atoms with Gasteiger partial charge in [0.15, 0.2) is 12.4 Å². The van der Waals surface area contributed by atoms with E-state index in [-0.39, 0.29) is 30.1 Å². The van der Waals surface area contributed by atoms with Crippen LogP contribution < -0.4 is 10.1 Å². The van der Waals surface area contributed by atoms with Gasteiger partial charge in [-0.1, -0.05) is 6.92 Å². The molecule has 2 heterocycles. The molecule has 0 unspecified atom stereocenters. The van der Waals surface area contributed by atoms with Crippen LogP contribution in [-0.4, -0.2) is 42.2 Å². The third-order valence-corrected chi connectivity index (χ3v) is 4.42. The molecule has 23 heavy (non-hydrogen) atoms. The summed E-state index contributed by atoms with van der Waals surface area (Å²) in [6, 6.07) is 5.14. The Labute approximate surface area is 134 Å². The molecule has 0 radical (unpaired) electrons. The van der Waals surface area contributed by atoms with E-state index in [4.69, 9.17) is 4.74 Å². The number of likely N-dealkylation sites (tertiary alicyclic amines) is 1. The summed E-state index contributed by atoms with van der Waals surface area (Å²) < 4.78 is 5.30. The third kappa shape index (κ3) is 3.21. The van der Waals surface area contributed by atoms with E-state index in [2.05, 4.69) is 5.32 Å². The summed E-state index contributed by atoms with van der Waals surface area (Å²) in [5.41, 5.74) is 1.13. The molecule has 1 aromatic carbocycles. The standard InChI is InChI=1S/C17H20N2O4/c1-2-16(21)19-7-5-11(6-8-19)17(22)12-3-4-14-13(9-12)18-15(20)10-23-14/h3-4,9,11H,2,5-8,10H2,1H3,(H,18,20). The molecule has 0 spiro atoms. The zero-order valence-electron chi connectivity index (χ0n) is 13.1. The SMILES string of the molecule is CCC(=O)N1CCC(C(=O)c2ccc3c(c2)NC(=O)CO3)CC1. The van der Waals surface area contributed by atoms with E-state index in [0.29, 0.717) is 49.4 Å². The first-order valence-corrected chi connectivity index (χ1v) is 7.97. The Balaban J connectivity index is 1.68. The number of ether oxygens (including phenoxy) is 1. The van der Waals surface area contributed by atoms with Crippen molar-refractivity contribution < 1.29 is 19.1 Å². The summed E-state index contributed by atoms with van der Waals surface area (Å²) in [5, 5.41) is 2.72. The number of nitrogens with one attached hydrogen (secondary N) is 1. The lowest BCUT2D eigenvalue weighted by atomic mass is 9.88. The van der Waals surface area contributed by atoms with Crippen LogP contribution >= 0.6 is 0 Å². The number of piperidine rings is 1. The smallest absolute Gasteiger partial charge is 0.262 e. The zero-order valence-corrected chi connectivity index (χ0v) is 13.1. The van der Waals surface area contributed by atoms with Crippen LogP contribution in [0.1, 0.15) is 36.5 Å². The second-order valence-corrected chi connectivity index (χ2v) is 5.92. The second-order valence-electron chi connectivity index (χ2n) is 5.92. The number of Topliss-reactive ketones (excluding diaryl/α,β-unsaturated/α-hetero) is 1. The average molecular weight is 316 g/mol. The number of ketones is 1. The maximum atomic E-state index is 12.7. The van der Waals surface area contributed by atoms with Crippen LogP contribution in [0.2, 0.25) is 0 Å². The Morgan fingerprint density at radius 2 is 2.04 bits per heavy atom. The van der Waals surface area contributed by atoms with Crippen molar-refractivity contribution in [2.75, 3.05) is 25.0 Å². The molecule has 0 saturated carbocycles. The van der Waals surface area contributed by atoms with Gasteiger partial charge in [-0.15, -0.1) is 0 Å². The molecule has 0 bridgehead atoms. The van der Waals surface area contributed by atoms with Crippen LogP contribution in [0.15, 0.2) is 18.2 Å². The minimum absolute atomic E-state index is 0.00418. The average Bonchev–Trinajstić information content (AvgIpc) is 2.59. The van der Waals surface area contributed by atoms with Crippen LogP contribution in [0.4, 0.5) is 5.69 Å². The maximum absolute atomic E-state index is 12.7. The Morgan fingerprint density at radius 3 is 2.74 bits per heavy atom. The fraction of sp³-hybridized carbons (Fsp3) is 0.471. The molecule has 2 aliphatic heterocycles. The first kappa shape index (κ1) is 15.5. The lowest BCUT2D eigenvalue weighted by molar-refractivity contribution is -0.132. The quantitative estimate of drug-likeness (QED) is 0.864. The molecule has 1 fully saturated rings. The summed E-state index contributed by atoms with van der Waals surface area (Å²) in [4.78, 5) is 37.6. The Kier molecular flexibility index (Phi) is 4.32. The monoisotopic (exact) mass is 316 g/mol. The number of fused-ring (bicyclic) bond motifs is 1. The molecule has 6 nitrogen and oxygen atoms in total. The first-order chi connectivity index (χ1) is 11.1. The summed E-state index contributed by atoms with van der Waals surface area (Å²) in [6.07, 6.45) is 1.87. The summed E-state index contributed by atoms with van der Waals surface area (Å²) >= 11 is 0. The molecule has 2 aliphatic rings. The van der Waals surface area contributed by atoms with E-state index in [1.165, 1.54) is 0 Å². The van der Waals surface area contributed by atoms with Crippen molar-refractivity contribution in [2.24, 2.45) is 5.92 Å². The van der Waals surface area contributed by atoms with Gasteiger partial charge in [-0.25, -0.2) is 0 Å². The van der Waals surface area contributed by atoms with Gasteiger partial charge < -0.3 is 15.0 Å². The highest BCUT2D eigenvalue weighted by Crippen LogP contribution is 2.30. The minimum atomic E-state index is -0.214. The molecule has 0 aliphatic carbocycles. The number of hydrogen-bond acceptors (Lipinski definition) is 4. The normalized spacial score (nSPS) is 18.0. The van der Waals surface area contributed by atoms with E-state index in [0.717, 1.165) is 0 Å². The molecule has 0 atom stereocenters. The molecule has 0 aromatic heterocycles. The molecular weight excluding hydrogens is 296 g/mol. The molecule has 1 saturated heterocycles. The molecular formula is C17H20N2O4. The van der Waals surface area contributed by atoms with Crippen molar-refractivity contribution in [3.05, 3.63) is 23.8 Å². The van der Waals surface area contributed by atoms with Gasteiger partial charge in [-0.2, -0.15) is 0 Å². The Bertz CT molecular complexity index is 648. The van der Waals surface area contributed by atoms with Crippen molar-refractivity contribution in [1.82, 2.24) is 4.90 Å². The zero-order chi connectivity index (χ0) is 16.4. The van der Waals surface area contributed by atoms with Gasteiger partial charge in [0.25, 0.3) is 5.91 Å². The number of nitrogens with zero attached hydrogens (tertiary/aromatic N) is 1. The summed E-state index contributed by atoms with van der Waals surface area (Å²) in [6.45, 7) is 3.12. The van der Waals surface area contributed by atoms with E-state index in [1.54, 1.807) is 18.2 Å². The van der Waals surface area contributed by atoms with Crippen LogP contribution in [0.25, 0.3) is 0 Å². The minimum Gasteiger partial charge on any atom is -0.482 e. The van der Waals surface area contributed by atoms with E-state index in [9.17, 15) is 14.4 Å². The largest absolute Gasteiger partial charge is 0.482 e. The summed E-state index contributed by atoms with van der Waals surface area (Å²) in [5.74, 6) is 0.507. The predicted molar refractivity (Wildman–Crippen MR) is 84.5 cm³/mol. The lowest BCUT2D eigenvalue weighted by Gasteiger charge is -2.31. The highest BCUT2D eigenvalue weighted by Gasteiger charge is 2.28. The molecule has 2 amide bonds. The number of amides is 2. The molecule has 1 N–H and O–H groups in total. The van der Waals surface area contributed by atoms with Gasteiger partial charge >= 0.3 is 0 Å². The van der Waals surface area contributed by atoms with E-state index in [1.807, 2.05) is 11.8 Å². The van der Waals surface area contributed by atoms with Crippen LogP contribution in [0.3, 0.4) is 0 Å². The van der Waals surface area contributed by atoms with E-state index < -0.39 is 0 Å². The first-order valence-electron chi connectivity index (χ1n) is 7.97. The van der Waals surface area contributed by atoms with Crippen LogP contribution in [0.5, 0.6) is 5.75 Å². The lowest BCUT2D eigenvalue weighted by Crippen LogP contribution is -2.40. The van der Waals surface area contributed by atoms with Gasteiger partial charge in [0.05, 0.1) is 5.69 Å². The highest BCUT2D eigenvalue weighted by atomic mass is 16.5. The van der Waals surface area contributed by atoms with Gasteiger partial charge in [0, 0.05) is 31.0 Å². The van der Waals surface area contributed by atoms with Crippen molar-refractivity contribution in [1.29, 1.82) is 0 Å². The topological polar surface area (TPSA) is 75.7 Å². The van der Waals surface area contributed by atoms with Crippen molar-refractivity contribution in [3.63, 3.8) is 0 Å². The van der Waals surface area contributed by atoms with E-state index >= 15 is 0 Å². The Morgan fingerprint density at radius 1 is 1.30 bits per heavy atom. The van der Waals surface area contributed by atoms with Crippen LogP contribution in [-0.2, 0) is 9.59 Å². The number of hydrogen-bond donors (Lipinski definition) is 1. The fourth-order valence-corrected chi connectivity index (χ4v) is 3.09. The molecule has 122 valence electrons. The van der Waals surface area contributed by atoms with Gasteiger partial charge in [-0.05, 0) is 31.0 Å². The third-order valence-electron chi connectivity index (χ3n) is 4.42. The summed E-state index contributed by atoms with van der Waals surface area (Å²) in [7, 11) is 0. The Hall–Kier alpha value is -2.37. The van der Waals surface area contributed by atoms with Crippen molar-refractivity contribution in [3.8, 4) is 5.75 Å². The number of carbonyl (C=O) groups excluding carboxylic acids is 3. The van der Waals surface area contributed by atoms with Crippen LogP contribution in [0, 0.1) is 5.92 Å². The highest BCUT2D eigenvalue weighted by molar-refractivity contribution is 6.01. The van der Waals surface area contributed by atoms with Crippen molar-refractivity contribution in [2.45, 2.75) is 26.2 Å². The molecule has 6 heteroatoms. The van der Waals surface area contributed by atoms with Gasteiger partial charge in [-0.3, -0.25) is 14.4 Å². The molecule has 1 aromatic rings. The maximum Gasteiger partial charge on any atom is 0.262 e. The number of rotatable bonds is 3. The molecule has 3 rings (SSSR count). The fourth-order valence-electron chi connectivity index (χ4n) is 3.09. The van der Waals surface area contributed by atoms with Gasteiger partial charge in [0.2, 0.25) is 5.91 Å². The number of carbonyl (C=O) groups is 3. The number of anilines is 1. The predicted octanol–water partition coefficient (Wildman–Crippen LogP) is 1.85. The van der Waals surface area contributed by atoms with Gasteiger partial charge in [0.1, 0.15) is 5.75 Å². The van der Waals surface area contributed by atoms with Crippen molar-refractivity contribution >= 4 is 23.3 Å². The second kappa shape index (κ2) is 6.40. The number of benzene rings is 1.